The van der Waals surface area contributed by atoms with E-state index in [4.69, 9.17) is 15.0 Å². The van der Waals surface area contributed by atoms with Crippen LogP contribution in [0.15, 0.2) is 12.1 Å². The molecule has 5 N–H and O–H groups in total. The van der Waals surface area contributed by atoms with Crippen LogP contribution in [-0.4, -0.2) is 22.4 Å². The first-order valence-electron chi connectivity index (χ1n) is 5.26. The van der Waals surface area contributed by atoms with Crippen molar-refractivity contribution in [3.05, 3.63) is 34.4 Å². The minimum atomic E-state index is -1.33. The molecule has 6 heteroatoms. The van der Waals surface area contributed by atoms with Crippen LogP contribution in [0.25, 0.3) is 0 Å². The Labute approximate surface area is 105 Å². The van der Waals surface area contributed by atoms with Gasteiger partial charge in [-0.15, -0.1) is 0 Å². The minimum Gasteiger partial charge on any atom is -0.465 e. The zero-order valence-corrected chi connectivity index (χ0v) is 10.7. The van der Waals surface area contributed by atoms with Crippen molar-refractivity contribution >= 4 is 12.2 Å². The van der Waals surface area contributed by atoms with E-state index < -0.39 is 12.2 Å². The molecule has 1 aromatic carbocycles. The molecule has 0 atom stereocenters. The summed E-state index contributed by atoms with van der Waals surface area (Å²) in [5.41, 5.74) is 8.57. The van der Waals surface area contributed by atoms with E-state index in [0.717, 1.165) is 16.7 Å². The number of rotatable bonds is 2. The van der Waals surface area contributed by atoms with E-state index in [1.807, 2.05) is 20.8 Å². The lowest BCUT2D eigenvalue weighted by molar-refractivity contribution is 0.194. The molecule has 0 saturated heterocycles. The highest BCUT2D eigenvalue weighted by Crippen LogP contribution is 2.15. The Morgan fingerprint density at radius 2 is 1.56 bits per heavy atom. The molecule has 0 aromatic heterocycles. The van der Waals surface area contributed by atoms with E-state index in [1.54, 1.807) is 0 Å². The van der Waals surface area contributed by atoms with Crippen LogP contribution in [0.4, 0.5) is 9.59 Å². The van der Waals surface area contributed by atoms with Crippen LogP contribution in [0.1, 0.15) is 22.3 Å². The van der Waals surface area contributed by atoms with Gasteiger partial charge in [-0.05, 0) is 37.5 Å². The molecule has 0 heterocycles. The summed E-state index contributed by atoms with van der Waals surface area (Å²) in [5.74, 6) is 0. The zero-order valence-electron chi connectivity index (χ0n) is 10.7. The first-order chi connectivity index (χ1) is 8.23. The molecule has 100 valence electrons. The van der Waals surface area contributed by atoms with Gasteiger partial charge in [0.15, 0.2) is 0 Å². The highest BCUT2D eigenvalue weighted by Gasteiger charge is 2.04. The maximum atomic E-state index is 10.4. The average molecular weight is 254 g/mol. The molecule has 0 radical (unpaired) electrons. The topological polar surface area (TPSA) is 113 Å². The largest absolute Gasteiger partial charge is 0.465 e. The Balaban J connectivity index is 0.000000631. The quantitative estimate of drug-likeness (QED) is 0.646. The van der Waals surface area contributed by atoms with Gasteiger partial charge < -0.3 is 21.3 Å². The van der Waals surface area contributed by atoms with Gasteiger partial charge in [0.2, 0.25) is 0 Å². The van der Waals surface area contributed by atoms with Crippen LogP contribution in [0.5, 0.6) is 0 Å². The Morgan fingerprint density at radius 3 is 1.89 bits per heavy atom. The molecule has 1 aromatic rings. The van der Waals surface area contributed by atoms with Crippen molar-refractivity contribution in [2.45, 2.75) is 27.3 Å². The number of primary amides is 1. The number of hydrogen-bond donors (Lipinski definition) is 4. The van der Waals surface area contributed by atoms with Crippen LogP contribution in [0.2, 0.25) is 0 Å². The van der Waals surface area contributed by atoms with Crippen molar-refractivity contribution in [3.8, 4) is 0 Å². The Hall–Kier alpha value is -2.24. The van der Waals surface area contributed by atoms with E-state index in [9.17, 15) is 4.79 Å². The van der Waals surface area contributed by atoms with Gasteiger partial charge in [0.05, 0.1) is 0 Å². The highest BCUT2D eigenvalue weighted by molar-refractivity contribution is 5.64. The van der Waals surface area contributed by atoms with Gasteiger partial charge in [-0.3, -0.25) is 0 Å². The first kappa shape index (κ1) is 15.8. The minimum absolute atomic E-state index is 0.382. The summed E-state index contributed by atoms with van der Waals surface area (Å²) in [5, 5.41) is 18.1. The number of hydrogen-bond acceptors (Lipinski definition) is 2. The van der Waals surface area contributed by atoms with Gasteiger partial charge in [0, 0.05) is 6.54 Å². The highest BCUT2D eigenvalue weighted by atomic mass is 16.4. The average Bonchev–Trinajstić information content (AvgIpc) is 2.13. The molecular formula is C12H18N2O4. The number of aryl methyl sites for hydroxylation is 3. The molecule has 0 unspecified atom stereocenters. The molecule has 0 bridgehead atoms. The maximum absolute atomic E-state index is 10.4. The summed E-state index contributed by atoms with van der Waals surface area (Å²) in [7, 11) is 0. The summed E-state index contributed by atoms with van der Waals surface area (Å²) in [6, 6.07) is 4.12. The monoisotopic (exact) mass is 254 g/mol. The van der Waals surface area contributed by atoms with Crippen molar-refractivity contribution in [2.24, 2.45) is 5.73 Å². The van der Waals surface area contributed by atoms with Crippen molar-refractivity contribution in [1.82, 2.24) is 5.32 Å². The van der Waals surface area contributed by atoms with Crippen molar-refractivity contribution < 1.29 is 19.8 Å². The van der Waals surface area contributed by atoms with E-state index in [0.29, 0.717) is 6.54 Å². The van der Waals surface area contributed by atoms with Gasteiger partial charge >= 0.3 is 12.2 Å². The maximum Gasteiger partial charge on any atom is 0.404 e. The third-order valence-electron chi connectivity index (χ3n) is 2.26. The fraction of sp³-hybridized carbons (Fsp3) is 0.333. The SMILES string of the molecule is Cc1cc(C)c(CNC(=O)O)c(C)c1.NC(=O)O. The molecule has 1 rings (SSSR count). The Morgan fingerprint density at radius 1 is 1.17 bits per heavy atom. The third-order valence-corrected chi connectivity index (χ3v) is 2.26. The molecule has 0 saturated carbocycles. The number of carboxylic acid groups (broad SMARTS) is 2. The van der Waals surface area contributed by atoms with Gasteiger partial charge in [0.1, 0.15) is 0 Å². The standard InChI is InChI=1S/C11H15NO2.CH3NO2/c1-7-4-8(2)10(9(3)5-7)6-12-11(13)14;2-1(3)4/h4-5,12H,6H2,1-3H3,(H,13,14);2H2,(H,3,4). The number of nitrogens with one attached hydrogen (secondary N) is 1. The van der Waals surface area contributed by atoms with E-state index in [2.05, 4.69) is 23.2 Å². The summed E-state index contributed by atoms with van der Waals surface area (Å²) < 4.78 is 0. The molecule has 6 nitrogen and oxygen atoms in total. The number of benzene rings is 1. The lowest BCUT2D eigenvalue weighted by Gasteiger charge is -2.10. The number of nitrogens with two attached hydrogens (primary N) is 1. The third kappa shape index (κ3) is 6.37. The predicted octanol–water partition coefficient (Wildman–Crippen LogP) is 2.00. The summed E-state index contributed by atoms with van der Waals surface area (Å²) in [6.45, 7) is 6.42. The number of amides is 2. The van der Waals surface area contributed by atoms with Gasteiger partial charge in [-0.2, -0.15) is 0 Å². The second-order valence-electron chi connectivity index (χ2n) is 3.87. The van der Waals surface area contributed by atoms with Gasteiger partial charge in [-0.25, -0.2) is 9.59 Å². The molecule has 0 aliphatic heterocycles. The van der Waals surface area contributed by atoms with Crippen LogP contribution in [-0.2, 0) is 6.54 Å². The molecule has 0 fully saturated rings. The van der Waals surface area contributed by atoms with Gasteiger partial charge in [0.25, 0.3) is 0 Å². The van der Waals surface area contributed by atoms with E-state index in [1.165, 1.54) is 5.56 Å². The second kappa shape index (κ2) is 7.16. The summed E-state index contributed by atoms with van der Waals surface area (Å²) >= 11 is 0. The Bertz CT molecular complexity index is 417. The molecule has 0 spiro atoms. The molecule has 2 amide bonds. The van der Waals surface area contributed by atoms with E-state index in [-0.39, 0.29) is 0 Å². The first-order valence-corrected chi connectivity index (χ1v) is 5.26. The fourth-order valence-electron chi connectivity index (χ4n) is 1.65. The van der Waals surface area contributed by atoms with Crippen LogP contribution >= 0.6 is 0 Å². The van der Waals surface area contributed by atoms with Crippen molar-refractivity contribution in [2.75, 3.05) is 0 Å². The Kier molecular flexibility index (Phi) is 6.27. The van der Waals surface area contributed by atoms with Crippen molar-refractivity contribution in [3.63, 3.8) is 0 Å². The summed E-state index contributed by atoms with van der Waals surface area (Å²) in [4.78, 5) is 19.1. The van der Waals surface area contributed by atoms with Crippen molar-refractivity contribution in [1.29, 1.82) is 0 Å². The fourth-order valence-corrected chi connectivity index (χ4v) is 1.65. The van der Waals surface area contributed by atoms with Crippen LogP contribution in [0, 0.1) is 20.8 Å². The molecule has 18 heavy (non-hydrogen) atoms. The van der Waals surface area contributed by atoms with Crippen LogP contribution < -0.4 is 11.1 Å². The van der Waals surface area contributed by atoms with Crippen LogP contribution in [0.3, 0.4) is 0 Å². The molecule has 0 aliphatic rings. The van der Waals surface area contributed by atoms with E-state index >= 15 is 0 Å². The lowest BCUT2D eigenvalue weighted by Crippen LogP contribution is -2.21. The zero-order chi connectivity index (χ0) is 14.3. The lowest BCUT2D eigenvalue weighted by atomic mass is 10.00. The predicted molar refractivity (Wildman–Crippen MR) is 67.7 cm³/mol. The smallest absolute Gasteiger partial charge is 0.404 e. The molecule has 0 aliphatic carbocycles. The normalized spacial score (nSPS) is 9.06. The number of carbonyl (C=O) groups is 2. The summed E-state index contributed by atoms with van der Waals surface area (Å²) in [6.07, 6.45) is -2.32. The van der Waals surface area contributed by atoms with Gasteiger partial charge in [-0.1, -0.05) is 17.7 Å². The second-order valence-corrected chi connectivity index (χ2v) is 3.87. The molecular weight excluding hydrogens is 236 g/mol.